The summed E-state index contributed by atoms with van der Waals surface area (Å²) in [5, 5.41) is 5.32. The SMILES string of the molecule is CCC1(NCc2c(Cl)oc3ccccc23)CCC1. The first-order valence-electron chi connectivity index (χ1n) is 6.65. The molecule has 2 aromatic rings. The summed E-state index contributed by atoms with van der Waals surface area (Å²) in [6, 6.07) is 8.03. The molecule has 1 saturated carbocycles. The molecule has 96 valence electrons. The van der Waals surface area contributed by atoms with Crippen LogP contribution >= 0.6 is 11.6 Å². The Kier molecular flexibility index (Phi) is 3.08. The van der Waals surface area contributed by atoms with E-state index in [0.717, 1.165) is 23.1 Å². The van der Waals surface area contributed by atoms with Crippen LogP contribution in [0.5, 0.6) is 0 Å². The lowest BCUT2D eigenvalue weighted by Crippen LogP contribution is -2.49. The third-order valence-corrected chi connectivity index (χ3v) is 4.58. The molecular weight excluding hydrogens is 246 g/mol. The molecule has 1 heterocycles. The Bertz CT molecular complexity index is 551. The number of benzene rings is 1. The van der Waals surface area contributed by atoms with Gasteiger partial charge in [0.1, 0.15) is 5.58 Å². The minimum absolute atomic E-state index is 0.335. The average molecular weight is 264 g/mol. The smallest absolute Gasteiger partial charge is 0.199 e. The van der Waals surface area contributed by atoms with Crippen molar-refractivity contribution in [1.29, 1.82) is 0 Å². The predicted octanol–water partition coefficient (Wildman–Crippen LogP) is 4.51. The van der Waals surface area contributed by atoms with E-state index in [4.69, 9.17) is 16.0 Å². The van der Waals surface area contributed by atoms with Crippen LogP contribution in [0, 0.1) is 0 Å². The van der Waals surface area contributed by atoms with Crippen molar-refractivity contribution >= 4 is 22.6 Å². The molecule has 1 aliphatic carbocycles. The number of hydrogen-bond donors (Lipinski definition) is 1. The van der Waals surface area contributed by atoms with Crippen molar-refractivity contribution in [2.45, 2.75) is 44.7 Å². The third-order valence-electron chi connectivity index (χ3n) is 4.28. The van der Waals surface area contributed by atoms with Crippen LogP contribution in [0.25, 0.3) is 11.0 Å². The van der Waals surface area contributed by atoms with Crippen molar-refractivity contribution in [3.63, 3.8) is 0 Å². The fraction of sp³-hybridized carbons (Fsp3) is 0.467. The van der Waals surface area contributed by atoms with Crippen molar-refractivity contribution < 1.29 is 4.42 Å². The van der Waals surface area contributed by atoms with E-state index in [1.165, 1.54) is 25.7 Å². The van der Waals surface area contributed by atoms with Gasteiger partial charge in [-0.1, -0.05) is 25.1 Å². The van der Waals surface area contributed by atoms with Gasteiger partial charge in [0.15, 0.2) is 5.22 Å². The van der Waals surface area contributed by atoms with Crippen molar-refractivity contribution in [3.8, 4) is 0 Å². The summed E-state index contributed by atoms with van der Waals surface area (Å²) in [4.78, 5) is 0. The van der Waals surface area contributed by atoms with Gasteiger partial charge in [-0.2, -0.15) is 0 Å². The lowest BCUT2D eigenvalue weighted by Gasteiger charge is -2.42. The van der Waals surface area contributed by atoms with E-state index in [0.29, 0.717) is 10.8 Å². The van der Waals surface area contributed by atoms with Crippen LogP contribution in [0.15, 0.2) is 28.7 Å². The Morgan fingerprint density at radius 3 is 2.78 bits per heavy atom. The van der Waals surface area contributed by atoms with Crippen molar-refractivity contribution in [2.24, 2.45) is 0 Å². The Morgan fingerprint density at radius 2 is 2.11 bits per heavy atom. The quantitative estimate of drug-likeness (QED) is 0.878. The van der Waals surface area contributed by atoms with Crippen molar-refractivity contribution in [2.75, 3.05) is 0 Å². The summed E-state index contributed by atoms with van der Waals surface area (Å²) in [5.74, 6) is 0. The Labute approximate surface area is 112 Å². The van der Waals surface area contributed by atoms with E-state index in [1.54, 1.807) is 0 Å². The van der Waals surface area contributed by atoms with Crippen molar-refractivity contribution in [3.05, 3.63) is 35.0 Å². The summed E-state index contributed by atoms with van der Waals surface area (Å²) in [7, 11) is 0. The average Bonchev–Trinajstić information content (AvgIpc) is 2.65. The molecular formula is C15H18ClNO. The molecule has 0 bridgehead atoms. The van der Waals surface area contributed by atoms with Gasteiger partial charge >= 0.3 is 0 Å². The van der Waals surface area contributed by atoms with Crippen LogP contribution in [0.3, 0.4) is 0 Å². The molecule has 1 fully saturated rings. The lowest BCUT2D eigenvalue weighted by atomic mass is 9.75. The highest BCUT2D eigenvalue weighted by Gasteiger charge is 2.34. The van der Waals surface area contributed by atoms with Crippen LogP contribution < -0.4 is 5.32 Å². The summed E-state index contributed by atoms with van der Waals surface area (Å²) in [5.41, 5.74) is 2.30. The maximum atomic E-state index is 6.19. The lowest BCUT2D eigenvalue weighted by molar-refractivity contribution is 0.175. The Morgan fingerprint density at radius 1 is 1.33 bits per heavy atom. The van der Waals surface area contributed by atoms with Crippen molar-refractivity contribution in [1.82, 2.24) is 5.32 Å². The summed E-state index contributed by atoms with van der Waals surface area (Å²) in [6.45, 7) is 3.05. The largest absolute Gasteiger partial charge is 0.444 e. The molecule has 18 heavy (non-hydrogen) atoms. The number of fused-ring (bicyclic) bond motifs is 1. The zero-order valence-electron chi connectivity index (χ0n) is 10.6. The first-order chi connectivity index (χ1) is 8.74. The van der Waals surface area contributed by atoms with Gasteiger partial charge in [0.05, 0.1) is 0 Å². The van der Waals surface area contributed by atoms with Crippen LogP contribution in [0.2, 0.25) is 5.22 Å². The van der Waals surface area contributed by atoms with Gasteiger partial charge in [-0.15, -0.1) is 0 Å². The van der Waals surface area contributed by atoms with Gasteiger partial charge in [0, 0.05) is 23.0 Å². The molecule has 0 amide bonds. The number of nitrogens with one attached hydrogen (secondary N) is 1. The number of hydrogen-bond acceptors (Lipinski definition) is 2. The monoisotopic (exact) mass is 263 g/mol. The Hall–Kier alpha value is -0.990. The van der Waals surface area contributed by atoms with E-state index in [1.807, 2.05) is 18.2 Å². The second kappa shape index (κ2) is 4.60. The second-order valence-electron chi connectivity index (χ2n) is 5.19. The van der Waals surface area contributed by atoms with E-state index >= 15 is 0 Å². The molecule has 3 heteroatoms. The molecule has 1 aromatic heterocycles. The fourth-order valence-corrected chi connectivity index (χ4v) is 3.02. The van der Waals surface area contributed by atoms with Crippen LogP contribution in [0.1, 0.15) is 38.2 Å². The van der Waals surface area contributed by atoms with Gasteiger partial charge in [-0.05, 0) is 43.4 Å². The van der Waals surface area contributed by atoms with Gasteiger partial charge in [0.2, 0.25) is 0 Å². The van der Waals surface area contributed by atoms with E-state index in [9.17, 15) is 0 Å². The number of para-hydroxylation sites is 1. The minimum Gasteiger partial charge on any atom is -0.444 e. The van der Waals surface area contributed by atoms with Gasteiger partial charge in [-0.25, -0.2) is 0 Å². The van der Waals surface area contributed by atoms with Gasteiger partial charge in [0.25, 0.3) is 0 Å². The zero-order chi connectivity index (χ0) is 12.6. The molecule has 0 saturated heterocycles. The molecule has 0 radical (unpaired) electrons. The van der Waals surface area contributed by atoms with E-state index in [-0.39, 0.29) is 0 Å². The maximum Gasteiger partial charge on any atom is 0.199 e. The third kappa shape index (κ3) is 1.94. The van der Waals surface area contributed by atoms with Gasteiger partial charge in [-0.3, -0.25) is 0 Å². The molecule has 0 spiro atoms. The number of rotatable bonds is 4. The topological polar surface area (TPSA) is 25.2 Å². The number of halogens is 1. The molecule has 0 aliphatic heterocycles. The minimum atomic E-state index is 0.335. The van der Waals surface area contributed by atoms with Crippen LogP contribution in [0.4, 0.5) is 0 Å². The molecule has 0 atom stereocenters. The predicted molar refractivity (Wildman–Crippen MR) is 74.9 cm³/mol. The standard InChI is InChI=1S/C15H18ClNO/c1-2-15(8-5-9-15)17-10-12-11-6-3-4-7-13(11)18-14(12)16/h3-4,6-7,17H,2,5,8-10H2,1H3. The van der Waals surface area contributed by atoms with Crippen LogP contribution in [-0.2, 0) is 6.54 Å². The highest BCUT2D eigenvalue weighted by molar-refractivity contribution is 6.30. The number of furan rings is 1. The van der Waals surface area contributed by atoms with Gasteiger partial charge < -0.3 is 9.73 Å². The van der Waals surface area contributed by atoms with Crippen LogP contribution in [-0.4, -0.2) is 5.54 Å². The first-order valence-corrected chi connectivity index (χ1v) is 7.03. The highest BCUT2D eigenvalue weighted by Crippen LogP contribution is 2.36. The Balaban J connectivity index is 1.84. The summed E-state index contributed by atoms with van der Waals surface area (Å²) < 4.78 is 5.57. The molecule has 0 unspecified atom stereocenters. The normalized spacial score (nSPS) is 17.9. The first kappa shape index (κ1) is 12.1. The summed E-state index contributed by atoms with van der Waals surface area (Å²) in [6.07, 6.45) is 5.06. The molecule has 3 rings (SSSR count). The fourth-order valence-electron chi connectivity index (χ4n) is 2.77. The maximum absolute atomic E-state index is 6.19. The molecule has 2 nitrogen and oxygen atoms in total. The second-order valence-corrected chi connectivity index (χ2v) is 5.53. The summed E-state index contributed by atoms with van der Waals surface area (Å²) >= 11 is 6.19. The van der Waals surface area contributed by atoms with E-state index in [2.05, 4.69) is 18.3 Å². The highest BCUT2D eigenvalue weighted by atomic mass is 35.5. The molecule has 1 aromatic carbocycles. The molecule has 1 aliphatic rings. The zero-order valence-corrected chi connectivity index (χ0v) is 11.4. The van der Waals surface area contributed by atoms with E-state index < -0.39 is 0 Å². The molecule has 1 N–H and O–H groups in total.